The number of fused-ring (bicyclic) bond motifs is 2. The SMILES string of the molecule is Cn1c(CCNC(=O)c2cc(=O)[nH]c3ccccc23)nc2ccccc21. The molecule has 0 aliphatic carbocycles. The second-order valence-electron chi connectivity index (χ2n) is 6.17. The second-order valence-corrected chi connectivity index (χ2v) is 6.17. The molecule has 2 aromatic heterocycles. The summed E-state index contributed by atoms with van der Waals surface area (Å²) < 4.78 is 2.03. The lowest BCUT2D eigenvalue weighted by Crippen LogP contribution is -2.27. The zero-order valence-corrected chi connectivity index (χ0v) is 14.3. The van der Waals surface area contributed by atoms with E-state index in [9.17, 15) is 9.59 Å². The lowest BCUT2D eigenvalue weighted by Gasteiger charge is -2.08. The molecule has 0 spiro atoms. The molecular formula is C20H18N4O2. The maximum atomic E-state index is 12.6. The van der Waals surface area contributed by atoms with Gasteiger partial charge in [-0.05, 0) is 18.2 Å². The first-order valence-corrected chi connectivity index (χ1v) is 8.44. The molecule has 0 saturated carbocycles. The van der Waals surface area contributed by atoms with Gasteiger partial charge in [-0.15, -0.1) is 0 Å². The lowest BCUT2D eigenvalue weighted by molar-refractivity contribution is 0.0955. The van der Waals surface area contributed by atoms with Crippen molar-refractivity contribution in [3.63, 3.8) is 0 Å². The van der Waals surface area contributed by atoms with Crippen molar-refractivity contribution >= 4 is 27.8 Å². The molecule has 2 N–H and O–H groups in total. The van der Waals surface area contributed by atoms with Crippen molar-refractivity contribution in [2.24, 2.45) is 7.05 Å². The molecular weight excluding hydrogens is 328 g/mol. The van der Waals surface area contributed by atoms with E-state index in [2.05, 4.69) is 15.3 Å². The van der Waals surface area contributed by atoms with Crippen LogP contribution in [-0.2, 0) is 13.5 Å². The third kappa shape index (κ3) is 2.86. The molecule has 0 aliphatic heterocycles. The van der Waals surface area contributed by atoms with E-state index in [1.807, 2.05) is 54.1 Å². The fraction of sp³-hybridized carbons (Fsp3) is 0.150. The number of nitrogens with one attached hydrogen (secondary N) is 2. The van der Waals surface area contributed by atoms with Crippen LogP contribution in [0.3, 0.4) is 0 Å². The zero-order valence-electron chi connectivity index (χ0n) is 14.3. The largest absolute Gasteiger partial charge is 0.352 e. The molecule has 6 heteroatoms. The van der Waals surface area contributed by atoms with Gasteiger partial charge in [-0.25, -0.2) is 4.98 Å². The summed E-state index contributed by atoms with van der Waals surface area (Å²) in [7, 11) is 1.97. The zero-order chi connectivity index (χ0) is 18.1. The highest BCUT2D eigenvalue weighted by Crippen LogP contribution is 2.15. The Balaban J connectivity index is 1.52. The van der Waals surface area contributed by atoms with E-state index in [0.29, 0.717) is 24.0 Å². The Kier molecular flexibility index (Phi) is 4.01. The van der Waals surface area contributed by atoms with E-state index in [1.54, 1.807) is 6.07 Å². The molecule has 0 unspecified atom stereocenters. The van der Waals surface area contributed by atoms with Gasteiger partial charge in [0.25, 0.3) is 5.91 Å². The van der Waals surface area contributed by atoms with Crippen molar-refractivity contribution in [1.29, 1.82) is 0 Å². The molecule has 6 nitrogen and oxygen atoms in total. The summed E-state index contributed by atoms with van der Waals surface area (Å²) in [6.07, 6.45) is 0.609. The van der Waals surface area contributed by atoms with E-state index in [0.717, 1.165) is 22.2 Å². The van der Waals surface area contributed by atoms with Crippen LogP contribution in [-0.4, -0.2) is 27.0 Å². The van der Waals surface area contributed by atoms with Crippen LogP contribution in [0.2, 0.25) is 0 Å². The highest BCUT2D eigenvalue weighted by Gasteiger charge is 2.12. The van der Waals surface area contributed by atoms with Crippen molar-refractivity contribution < 1.29 is 4.79 Å². The Bertz CT molecular complexity index is 1170. The first kappa shape index (κ1) is 16.1. The fourth-order valence-electron chi connectivity index (χ4n) is 3.19. The highest BCUT2D eigenvalue weighted by atomic mass is 16.2. The minimum absolute atomic E-state index is 0.258. The van der Waals surface area contributed by atoms with Gasteiger partial charge < -0.3 is 14.9 Å². The standard InChI is InChI=1S/C20H18N4O2/c1-24-17-9-5-4-8-16(17)22-18(24)10-11-21-20(26)14-12-19(25)23-15-7-3-2-6-13(14)15/h2-9,12H,10-11H2,1H3,(H,21,26)(H,23,25). The van der Waals surface area contributed by atoms with E-state index >= 15 is 0 Å². The quantitative estimate of drug-likeness (QED) is 0.595. The van der Waals surface area contributed by atoms with Gasteiger partial charge in [0, 0.05) is 37.0 Å². The van der Waals surface area contributed by atoms with Gasteiger partial charge in [-0.2, -0.15) is 0 Å². The average molecular weight is 346 g/mol. The van der Waals surface area contributed by atoms with Gasteiger partial charge in [0.15, 0.2) is 0 Å². The van der Waals surface area contributed by atoms with Gasteiger partial charge in [0.1, 0.15) is 5.82 Å². The van der Waals surface area contributed by atoms with Crippen LogP contribution in [0.5, 0.6) is 0 Å². The Labute approximate surface area is 149 Å². The van der Waals surface area contributed by atoms with Gasteiger partial charge >= 0.3 is 0 Å². The number of nitrogens with zero attached hydrogens (tertiary/aromatic N) is 2. The second kappa shape index (κ2) is 6.48. The van der Waals surface area contributed by atoms with Crippen LogP contribution in [0, 0.1) is 0 Å². The number of imidazole rings is 1. The first-order chi connectivity index (χ1) is 12.6. The highest BCUT2D eigenvalue weighted by molar-refractivity contribution is 6.05. The topological polar surface area (TPSA) is 79.8 Å². The molecule has 4 aromatic rings. The number of amides is 1. The van der Waals surface area contributed by atoms with Crippen molar-refractivity contribution in [2.75, 3.05) is 6.54 Å². The number of pyridine rings is 1. The fourth-order valence-corrected chi connectivity index (χ4v) is 3.19. The molecule has 2 aromatic carbocycles. The summed E-state index contributed by atoms with van der Waals surface area (Å²) in [4.78, 5) is 31.7. The van der Waals surface area contributed by atoms with E-state index in [-0.39, 0.29) is 11.5 Å². The summed E-state index contributed by atoms with van der Waals surface area (Å²) in [6, 6.07) is 16.5. The summed E-state index contributed by atoms with van der Waals surface area (Å²) in [5, 5.41) is 3.62. The summed E-state index contributed by atoms with van der Waals surface area (Å²) in [5.41, 5.74) is 2.75. The molecule has 0 atom stereocenters. The number of para-hydroxylation sites is 3. The molecule has 26 heavy (non-hydrogen) atoms. The number of benzene rings is 2. The maximum Gasteiger partial charge on any atom is 0.252 e. The first-order valence-electron chi connectivity index (χ1n) is 8.44. The summed E-state index contributed by atoms with van der Waals surface area (Å²) in [6.45, 7) is 0.442. The predicted octanol–water partition coefficient (Wildman–Crippen LogP) is 2.39. The molecule has 0 fully saturated rings. The van der Waals surface area contributed by atoms with Crippen molar-refractivity contribution in [3.05, 3.63) is 76.3 Å². The van der Waals surface area contributed by atoms with Crippen LogP contribution in [0.4, 0.5) is 0 Å². The van der Waals surface area contributed by atoms with Crippen LogP contribution < -0.4 is 10.9 Å². The van der Waals surface area contributed by atoms with Gasteiger partial charge in [0.05, 0.1) is 16.6 Å². The van der Waals surface area contributed by atoms with Gasteiger partial charge in [-0.1, -0.05) is 30.3 Å². The number of aromatic amines is 1. The summed E-state index contributed by atoms with van der Waals surface area (Å²) in [5.74, 6) is 0.647. The van der Waals surface area contributed by atoms with Crippen LogP contribution in [0.15, 0.2) is 59.4 Å². The molecule has 130 valence electrons. The summed E-state index contributed by atoms with van der Waals surface area (Å²) >= 11 is 0. The Morgan fingerprint density at radius 3 is 2.77 bits per heavy atom. The lowest BCUT2D eigenvalue weighted by atomic mass is 10.1. The minimum atomic E-state index is -0.288. The molecule has 0 bridgehead atoms. The Morgan fingerprint density at radius 2 is 1.92 bits per heavy atom. The van der Waals surface area contributed by atoms with Crippen LogP contribution in [0.25, 0.3) is 21.9 Å². The molecule has 0 aliphatic rings. The number of hydrogen-bond donors (Lipinski definition) is 2. The monoisotopic (exact) mass is 346 g/mol. The minimum Gasteiger partial charge on any atom is -0.352 e. The number of H-pyrrole nitrogens is 1. The van der Waals surface area contributed by atoms with Crippen molar-refractivity contribution in [2.45, 2.75) is 6.42 Å². The number of aromatic nitrogens is 3. The van der Waals surface area contributed by atoms with E-state index < -0.39 is 0 Å². The molecule has 2 heterocycles. The van der Waals surface area contributed by atoms with Crippen LogP contribution in [0.1, 0.15) is 16.2 Å². The molecule has 4 rings (SSSR count). The van der Waals surface area contributed by atoms with Gasteiger partial charge in [0.2, 0.25) is 5.56 Å². The molecule has 0 saturated heterocycles. The van der Waals surface area contributed by atoms with E-state index in [1.165, 1.54) is 6.07 Å². The smallest absolute Gasteiger partial charge is 0.252 e. The maximum absolute atomic E-state index is 12.6. The predicted molar refractivity (Wildman–Crippen MR) is 101 cm³/mol. The number of hydrogen-bond acceptors (Lipinski definition) is 3. The average Bonchev–Trinajstić information content (AvgIpc) is 2.97. The number of carbonyl (C=O) groups excluding carboxylic acids is 1. The number of aryl methyl sites for hydroxylation is 1. The van der Waals surface area contributed by atoms with Crippen molar-refractivity contribution in [3.8, 4) is 0 Å². The number of rotatable bonds is 4. The third-order valence-corrected chi connectivity index (χ3v) is 4.51. The normalized spacial score (nSPS) is 11.1. The third-order valence-electron chi connectivity index (χ3n) is 4.51. The van der Waals surface area contributed by atoms with Gasteiger partial charge in [-0.3, -0.25) is 9.59 Å². The molecule has 1 amide bonds. The Hall–Kier alpha value is -3.41. The molecule has 0 radical (unpaired) electrons. The van der Waals surface area contributed by atoms with Crippen LogP contribution >= 0.6 is 0 Å². The van der Waals surface area contributed by atoms with Crippen molar-refractivity contribution in [1.82, 2.24) is 19.9 Å². The Morgan fingerprint density at radius 1 is 1.15 bits per heavy atom. The van der Waals surface area contributed by atoms with E-state index in [4.69, 9.17) is 0 Å². The number of carbonyl (C=O) groups is 1.